The van der Waals surface area contributed by atoms with E-state index in [0.29, 0.717) is 12.1 Å². The number of nitro benzene ring substituents is 1. The summed E-state index contributed by atoms with van der Waals surface area (Å²) in [4.78, 5) is 22.3. The Morgan fingerprint density at radius 2 is 1.62 bits per heavy atom. The lowest BCUT2D eigenvalue weighted by Crippen LogP contribution is -2.04. The van der Waals surface area contributed by atoms with Gasteiger partial charge in [0.1, 0.15) is 5.56 Å². The molecule has 6 heteroatoms. The Balaban J connectivity index is 0.000000491. The smallest absolute Gasteiger partial charge is 0.280 e. The molecule has 0 saturated heterocycles. The van der Waals surface area contributed by atoms with Crippen LogP contribution in [0.4, 0.5) is 5.69 Å². The number of rotatable bonds is 4. The first-order chi connectivity index (χ1) is 10.1. The molecule has 0 spiro atoms. The van der Waals surface area contributed by atoms with Gasteiger partial charge in [-0.1, -0.05) is 42.5 Å². The highest BCUT2D eigenvalue weighted by Crippen LogP contribution is 2.20. The number of nitrogens with zero attached hydrogens (tertiary/aromatic N) is 1. The van der Waals surface area contributed by atoms with Crippen molar-refractivity contribution in [2.24, 2.45) is 5.73 Å². The molecule has 0 saturated carbocycles. The summed E-state index contributed by atoms with van der Waals surface area (Å²) in [6.45, 7) is 0.472. The highest BCUT2D eigenvalue weighted by molar-refractivity contribution is 6.11. The Labute approximate surface area is 122 Å². The predicted octanol–water partition coefficient (Wildman–Crippen LogP) is 1.76. The quantitative estimate of drug-likeness (QED) is 0.506. The average Bonchev–Trinajstić information content (AvgIpc) is 2.55. The van der Waals surface area contributed by atoms with Crippen molar-refractivity contribution >= 4 is 11.5 Å². The zero-order valence-electron chi connectivity index (χ0n) is 11.3. The van der Waals surface area contributed by atoms with E-state index in [1.165, 1.54) is 12.1 Å². The summed E-state index contributed by atoms with van der Waals surface area (Å²) in [6.07, 6.45) is 0. The molecule has 0 amide bonds. The summed E-state index contributed by atoms with van der Waals surface area (Å²) in [6, 6.07) is 14.5. The summed E-state index contributed by atoms with van der Waals surface area (Å²) in [5.74, 6) is -0.335. The van der Waals surface area contributed by atoms with Gasteiger partial charge in [0.2, 0.25) is 0 Å². The van der Waals surface area contributed by atoms with Crippen LogP contribution in [0.25, 0.3) is 0 Å². The fourth-order valence-electron chi connectivity index (χ4n) is 1.57. The largest absolute Gasteiger partial charge is 0.395 e. The molecule has 21 heavy (non-hydrogen) atoms. The summed E-state index contributed by atoms with van der Waals surface area (Å²) in [5.41, 5.74) is 5.17. The molecule has 6 nitrogen and oxygen atoms in total. The Kier molecular flexibility index (Phi) is 6.73. The number of nitro groups is 1. The normalized spacial score (nSPS) is 9.43. The number of benzene rings is 2. The maximum absolute atomic E-state index is 12.1. The number of ketones is 1. The van der Waals surface area contributed by atoms with E-state index < -0.39 is 4.92 Å². The number of aliphatic hydroxyl groups excluding tert-OH is 1. The van der Waals surface area contributed by atoms with Crippen molar-refractivity contribution < 1.29 is 14.8 Å². The van der Waals surface area contributed by atoms with Gasteiger partial charge in [-0.15, -0.1) is 0 Å². The molecule has 2 aromatic carbocycles. The van der Waals surface area contributed by atoms with Crippen LogP contribution in [0.1, 0.15) is 15.9 Å². The van der Waals surface area contributed by atoms with E-state index in [-0.39, 0.29) is 23.6 Å². The number of aliphatic hydroxyl groups is 1. The fraction of sp³-hybridized carbons (Fsp3) is 0.133. The van der Waals surface area contributed by atoms with Crippen molar-refractivity contribution in [3.8, 4) is 0 Å². The van der Waals surface area contributed by atoms with Gasteiger partial charge in [-0.2, -0.15) is 0 Å². The van der Waals surface area contributed by atoms with Gasteiger partial charge in [0.25, 0.3) is 5.69 Å². The monoisotopic (exact) mass is 288 g/mol. The highest BCUT2D eigenvalue weighted by atomic mass is 16.6. The minimum absolute atomic E-state index is 0.0972. The van der Waals surface area contributed by atoms with Gasteiger partial charge in [-0.05, 0) is 6.07 Å². The zero-order valence-corrected chi connectivity index (χ0v) is 11.3. The van der Waals surface area contributed by atoms with Gasteiger partial charge < -0.3 is 10.8 Å². The van der Waals surface area contributed by atoms with Crippen molar-refractivity contribution in [3.05, 3.63) is 75.8 Å². The number of nitrogens with two attached hydrogens (primary N) is 1. The van der Waals surface area contributed by atoms with Crippen LogP contribution in [0.3, 0.4) is 0 Å². The Morgan fingerprint density at radius 3 is 2.14 bits per heavy atom. The second-order valence-corrected chi connectivity index (χ2v) is 3.98. The van der Waals surface area contributed by atoms with E-state index in [1.54, 1.807) is 42.5 Å². The second-order valence-electron chi connectivity index (χ2n) is 3.98. The molecule has 0 heterocycles. The molecule has 2 rings (SSSR count). The van der Waals surface area contributed by atoms with E-state index in [1.807, 2.05) is 0 Å². The van der Waals surface area contributed by atoms with Crippen LogP contribution < -0.4 is 5.73 Å². The molecule has 0 aliphatic rings. The van der Waals surface area contributed by atoms with E-state index in [0.717, 1.165) is 0 Å². The maximum Gasteiger partial charge on any atom is 0.280 e. The zero-order chi connectivity index (χ0) is 15.7. The van der Waals surface area contributed by atoms with Crippen LogP contribution in [0.5, 0.6) is 0 Å². The Morgan fingerprint density at radius 1 is 1.10 bits per heavy atom. The molecule has 2 aromatic rings. The number of hydrogen-bond acceptors (Lipinski definition) is 5. The SMILES string of the molecule is NCCO.O=C(c1ccccc1)c1ccccc1[N+](=O)[O-]. The number of carbonyl (C=O) groups is 1. The molecule has 0 aliphatic carbocycles. The van der Waals surface area contributed by atoms with Gasteiger partial charge in [-0.25, -0.2) is 0 Å². The lowest BCUT2D eigenvalue weighted by atomic mass is 10.0. The van der Waals surface area contributed by atoms with Gasteiger partial charge in [0.05, 0.1) is 11.5 Å². The first kappa shape index (κ1) is 16.5. The van der Waals surface area contributed by atoms with E-state index >= 15 is 0 Å². The maximum atomic E-state index is 12.1. The second kappa shape index (κ2) is 8.57. The van der Waals surface area contributed by atoms with E-state index in [2.05, 4.69) is 0 Å². The van der Waals surface area contributed by atoms with Crippen LogP contribution in [0, 0.1) is 10.1 Å². The number of carbonyl (C=O) groups excluding carboxylic acids is 1. The van der Waals surface area contributed by atoms with Gasteiger partial charge in [0, 0.05) is 18.2 Å². The number of hydrogen-bond donors (Lipinski definition) is 2. The third-order valence-corrected chi connectivity index (χ3v) is 2.51. The molecular weight excluding hydrogens is 272 g/mol. The minimum Gasteiger partial charge on any atom is -0.395 e. The molecule has 0 atom stereocenters. The summed E-state index contributed by atoms with van der Waals surface area (Å²) in [5, 5.41) is 18.6. The number of para-hydroxylation sites is 1. The topological polar surface area (TPSA) is 106 Å². The lowest BCUT2D eigenvalue weighted by Gasteiger charge is -2.01. The molecular formula is C15H16N2O4. The van der Waals surface area contributed by atoms with Crippen LogP contribution >= 0.6 is 0 Å². The third-order valence-electron chi connectivity index (χ3n) is 2.51. The summed E-state index contributed by atoms with van der Waals surface area (Å²) >= 11 is 0. The predicted molar refractivity (Wildman–Crippen MR) is 79.1 cm³/mol. The van der Waals surface area contributed by atoms with Crippen LogP contribution in [0.2, 0.25) is 0 Å². The Hall–Kier alpha value is -2.57. The fourth-order valence-corrected chi connectivity index (χ4v) is 1.57. The van der Waals surface area contributed by atoms with Crippen molar-refractivity contribution in [1.29, 1.82) is 0 Å². The molecule has 0 bridgehead atoms. The van der Waals surface area contributed by atoms with Gasteiger partial charge >= 0.3 is 0 Å². The van der Waals surface area contributed by atoms with Crippen molar-refractivity contribution in [1.82, 2.24) is 0 Å². The van der Waals surface area contributed by atoms with Crippen molar-refractivity contribution in [3.63, 3.8) is 0 Å². The van der Waals surface area contributed by atoms with Gasteiger partial charge in [0.15, 0.2) is 5.78 Å². The highest BCUT2D eigenvalue weighted by Gasteiger charge is 2.19. The average molecular weight is 288 g/mol. The summed E-state index contributed by atoms with van der Waals surface area (Å²) < 4.78 is 0. The first-order valence-corrected chi connectivity index (χ1v) is 6.26. The van der Waals surface area contributed by atoms with Crippen molar-refractivity contribution in [2.75, 3.05) is 13.2 Å². The van der Waals surface area contributed by atoms with Crippen LogP contribution in [0.15, 0.2) is 54.6 Å². The van der Waals surface area contributed by atoms with Crippen LogP contribution in [-0.4, -0.2) is 29.0 Å². The first-order valence-electron chi connectivity index (χ1n) is 6.26. The lowest BCUT2D eigenvalue weighted by molar-refractivity contribution is -0.385. The third kappa shape index (κ3) is 4.79. The molecule has 3 N–H and O–H groups in total. The van der Waals surface area contributed by atoms with Crippen LogP contribution in [-0.2, 0) is 0 Å². The summed E-state index contributed by atoms with van der Waals surface area (Å²) in [7, 11) is 0. The molecule has 0 aliphatic heterocycles. The molecule has 0 radical (unpaired) electrons. The Bertz CT molecular complexity index is 598. The molecule has 110 valence electrons. The minimum atomic E-state index is -0.545. The van der Waals surface area contributed by atoms with E-state index in [9.17, 15) is 14.9 Å². The molecule has 0 unspecified atom stereocenters. The molecule has 0 fully saturated rings. The van der Waals surface area contributed by atoms with E-state index in [4.69, 9.17) is 10.8 Å². The molecule has 0 aromatic heterocycles. The van der Waals surface area contributed by atoms with Crippen molar-refractivity contribution in [2.45, 2.75) is 0 Å². The standard InChI is InChI=1S/C13H9NO3.C2H7NO/c15-13(10-6-2-1-3-7-10)11-8-4-5-9-12(11)14(16)17;3-1-2-4/h1-9H;4H,1-3H2. The van der Waals surface area contributed by atoms with Gasteiger partial charge in [-0.3, -0.25) is 14.9 Å².